The van der Waals surface area contributed by atoms with Gasteiger partial charge in [0.2, 0.25) is 10.0 Å². The van der Waals surface area contributed by atoms with Crippen LogP contribution in [0.4, 0.5) is 0 Å². The highest BCUT2D eigenvalue weighted by Crippen LogP contribution is 2.31. The standard InChI is InChI=1S/C26H22Cl2N4O3S2/c27-19-11-12-23(28)22(16-19)24(33)17-36-26-30-29-25(32(26)20-8-2-1-3-9-20)18-7-6-10-21(15-18)37(34,35)31-13-4-5-14-31/h1-3,6-12,15-16H,4-5,13-14,17H2. The molecule has 7 nitrogen and oxygen atoms in total. The summed E-state index contributed by atoms with van der Waals surface area (Å²) in [4.78, 5) is 13.1. The van der Waals surface area contributed by atoms with Crippen molar-refractivity contribution in [2.75, 3.05) is 18.8 Å². The number of hydrogen-bond donors (Lipinski definition) is 0. The number of carbonyl (C=O) groups excluding carboxylic acids is 1. The van der Waals surface area contributed by atoms with Gasteiger partial charge >= 0.3 is 0 Å². The molecule has 2 heterocycles. The number of rotatable bonds is 8. The Bertz CT molecular complexity index is 1550. The molecular weight excluding hydrogens is 551 g/mol. The molecule has 1 saturated heterocycles. The van der Waals surface area contributed by atoms with Crippen LogP contribution in [0.1, 0.15) is 23.2 Å². The molecule has 1 aliphatic heterocycles. The van der Waals surface area contributed by atoms with Gasteiger partial charge in [0.25, 0.3) is 0 Å². The van der Waals surface area contributed by atoms with E-state index < -0.39 is 10.0 Å². The van der Waals surface area contributed by atoms with Crippen molar-refractivity contribution in [3.63, 3.8) is 0 Å². The van der Waals surface area contributed by atoms with Gasteiger partial charge in [0.05, 0.1) is 15.7 Å². The second-order valence-corrected chi connectivity index (χ2v) is 12.2. The topological polar surface area (TPSA) is 85.2 Å². The summed E-state index contributed by atoms with van der Waals surface area (Å²) in [6.45, 7) is 1.05. The maximum Gasteiger partial charge on any atom is 0.243 e. The Hall–Kier alpha value is -2.69. The molecule has 0 radical (unpaired) electrons. The Balaban J connectivity index is 1.50. The van der Waals surface area contributed by atoms with E-state index in [9.17, 15) is 13.2 Å². The van der Waals surface area contributed by atoms with Gasteiger partial charge in [-0.3, -0.25) is 9.36 Å². The van der Waals surface area contributed by atoms with Crippen LogP contribution in [0.2, 0.25) is 10.0 Å². The van der Waals surface area contributed by atoms with E-state index in [-0.39, 0.29) is 16.4 Å². The van der Waals surface area contributed by atoms with Crippen molar-refractivity contribution < 1.29 is 13.2 Å². The molecule has 37 heavy (non-hydrogen) atoms. The third-order valence-electron chi connectivity index (χ3n) is 6.00. The van der Waals surface area contributed by atoms with E-state index in [4.69, 9.17) is 23.2 Å². The molecule has 190 valence electrons. The second kappa shape index (κ2) is 11.0. The number of carbonyl (C=O) groups is 1. The molecule has 5 rings (SSSR count). The van der Waals surface area contributed by atoms with Crippen LogP contribution < -0.4 is 0 Å². The molecule has 11 heteroatoms. The average molecular weight is 574 g/mol. The summed E-state index contributed by atoms with van der Waals surface area (Å²) in [7, 11) is -3.60. The number of hydrogen-bond acceptors (Lipinski definition) is 6. The molecule has 1 aliphatic rings. The van der Waals surface area contributed by atoms with Crippen LogP contribution in [0.3, 0.4) is 0 Å². The highest BCUT2D eigenvalue weighted by Gasteiger charge is 2.28. The van der Waals surface area contributed by atoms with Gasteiger partial charge in [-0.1, -0.05) is 65.3 Å². The number of halogens is 2. The average Bonchev–Trinajstić information content (AvgIpc) is 3.60. The molecule has 3 aromatic carbocycles. The Kier molecular flexibility index (Phi) is 7.69. The van der Waals surface area contributed by atoms with Crippen LogP contribution in [0.15, 0.2) is 82.8 Å². The van der Waals surface area contributed by atoms with Crippen LogP contribution in [-0.2, 0) is 10.0 Å². The van der Waals surface area contributed by atoms with E-state index in [0.717, 1.165) is 18.5 Å². The SMILES string of the molecule is O=C(CSc1nnc(-c2cccc(S(=O)(=O)N3CCCC3)c2)n1-c1ccccc1)c1cc(Cl)ccc1Cl. The minimum absolute atomic E-state index is 0.0639. The molecule has 0 spiro atoms. The fourth-order valence-electron chi connectivity index (χ4n) is 4.15. The number of thioether (sulfide) groups is 1. The number of benzene rings is 3. The van der Waals surface area contributed by atoms with Gasteiger partial charge in [0.15, 0.2) is 16.8 Å². The van der Waals surface area contributed by atoms with E-state index in [2.05, 4.69) is 10.2 Å². The first-order valence-corrected chi connectivity index (χ1v) is 14.8. The highest BCUT2D eigenvalue weighted by atomic mass is 35.5. The number of Topliss-reactive ketones (excluding diaryl/α,β-unsaturated/α-hetero) is 1. The first-order chi connectivity index (χ1) is 17.8. The maximum absolute atomic E-state index is 13.2. The van der Waals surface area contributed by atoms with E-state index in [1.165, 1.54) is 16.1 Å². The summed E-state index contributed by atoms with van der Waals surface area (Å²) in [5, 5.41) is 9.98. The highest BCUT2D eigenvalue weighted by molar-refractivity contribution is 7.99. The van der Waals surface area contributed by atoms with Gasteiger partial charge in [0.1, 0.15) is 0 Å². The Labute approximate surface area is 229 Å². The third-order valence-corrected chi connectivity index (χ3v) is 9.39. The summed E-state index contributed by atoms with van der Waals surface area (Å²) < 4.78 is 29.7. The number of nitrogens with zero attached hydrogens (tertiary/aromatic N) is 4. The van der Waals surface area contributed by atoms with E-state index >= 15 is 0 Å². The first kappa shape index (κ1) is 25.9. The Morgan fingerprint density at radius 2 is 1.68 bits per heavy atom. The lowest BCUT2D eigenvalue weighted by molar-refractivity contribution is 0.102. The van der Waals surface area contributed by atoms with Crippen LogP contribution in [0.5, 0.6) is 0 Å². The number of sulfonamides is 1. The zero-order valence-corrected chi connectivity index (χ0v) is 22.7. The van der Waals surface area contributed by atoms with Crippen LogP contribution >= 0.6 is 35.0 Å². The molecule has 0 N–H and O–H groups in total. The third kappa shape index (κ3) is 5.46. The summed E-state index contributed by atoms with van der Waals surface area (Å²) in [6, 6.07) is 21.0. The molecule has 0 amide bonds. The summed E-state index contributed by atoms with van der Waals surface area (Å²) >= 11 is 13.5. The smallest absolute Gasteiger partial charge is 0.243 e. The number of aromatic nitrogens is 3. The van der Waals surface area contributed by atoms with Crippen molar-refractivity contribution in [3.05, 3.63) is 88.4 Å². The zero-order chi connectivity index (χ0) is 26.0. The van der Waals surface area contributed by atoms with Crippen LogP contribution in [-0.4, -0.2) is 52.1 Å². The summed E-state index contributed by atoms with van der Waals surface area (Å²) in [5.41, 5.74) is 1.73. The van der Waals surface area contributed by atoms with Crippen molar-refractivity contribution in [1.82, 2.24) is 19.1 Å². The second-order valence-electron chi connectivity index (χ2n) is 8.45. The van der Waals surface area contributed by atoms with Gasteiger partial charge in [-0.2, -0.15) is 4.31 Å². The summed E-state index contributed by atoms with van der Waals surface area (Å²) in [5.74, 6) is 0.342. The fourth-order valence-corrected chi connectivity index (χ4v) is 6.95. The lowest BCUT2D eigenvalue weighted by Crippen LogP contribution is -2.27. The van der Waals surface area contributed by atoms with Gasteiger partial charge in [-0.05, 0) is 55.3 Å². The number of para-hydroxylation sites is 1. The van der Waals surface area contributed by atoms with Gasteiger partial charge in [-0.25, -0.2) is 8.42 Å². The molecule has 4 aromatic rings. The zero-order valence-electron chi connectivity index (χ0n) is 19.5. The Morgan fingerprint density at radius 3 is 2.43 bits per heavy atom. The van der Waals surface area contributed by atoms with E-state index in [1.807, 2.05) is 34.9 Å². The lowest BCUT2D eigenvalue weighted by Gasteiger charge is -2.16. The normalized spacial score (nSPS) is 14.2. The molecule has 1 aromatic heterocycles. The minimum atomic E-state index is -3.60. The van der Waals surface area contributed by atoms with Gasteiger partial charge < -0.3 is 0 Å². The van der Waals surface area contributed by atoms with Crippen molar-refractivity contribution in [3.8, 4) is 17.1 Å². The predicted molar refractivity (Wildman–Crippen MR) is 146 cm³/mol. The maximum atomic E-state index is 13.2. The lowest BCUT2D eigenvalue weighted by atomic mass is 10.1. The minimum Gasteiger partial charge on any atom is -0.293 e. The quantitative estimate of drug-likeness (QED) is 0.190. The Morgan fingerprint density at radius 1 is 0.919 bits per heavy atom. The molecule has 0 atom stereocenters. The molecule has 1 fully saturated rings. The molecule has 0 bridgehead atoms. The van der Waals surface area contributed by atoms with Gasteiger partial charge in [-0.15, -0.1) is 10.2 Å². The monoisotopic (exact) mass is 572 g/mol. The predicted octanol–water partition coefficient (Wildman–Crippen LogP) is 6.00. The van der Waals surface area contributed by atoms with Crippen molar-refractivity contribution in [1.29, 1.82) is 0 Å². The van der Waals surface area contributed by atoms with Gasteiger partial charge in [0, 0.05) is 34.9 Å². The molecule has 0 unspecified atom stereocenters. The fraction of sp³-hybridized carbons (Fsp3) is 0.192. The van der Waals surface area contributed by atoms with E-state index in [0.29, 0.717) is 45.2 Å². The molecule has 0 saturated carbocycles. The largest absolute Gasteiger partial charge is 0.293 e. The first-order valence-electron chi connectivity index (χ1n) is 11.6. The van der Waals surface area contributed by atoms with Crippen LogP contribution in [0.25, 0.3) is 17.1 Å². The van der Waals surface area contributed by atoms with Crippen molar-refractivity contribution >= 4 is 50.8 Å². The molecule has 0 aliphatic carbocycles. The summed E-state index contributed by atoms with van der Waals surface area (Å²) in [6.07, 6.45) is 1.72. The van der Waals surface area contributed by atoms with E-state index in [1.54, 1.807) is 42.5 Å². The van der Waals surface area contributed by atoms with Crippen molar-refractivity contribution in [2.24, 2.45) is 0 Å². The number of ketones is 1. The van der Waals surface area contributed by atoms with Crippen molar-refractivity contribution in [2.45, 2.75) is 22.9 Å². The molecular formula is C26H22Cl2N4O3S2. The van der Waals surface area contributed by atoms with Crippen LogP contribution in [0, 0.1) is 0 Å².